The fourth-order valence-corrected chi connectivity index (χ4v) is 2.84. The molecule has 0 aromatic heterocycles. The fourth-order valence-electron chi connectivity index (χ4n) is 2.84. The summed E-state index contributed by atoms with van der Waals surface area (Å²) in [6.07, 6.45) is 13.8. The van der Waals surface area contributed by atoms with Gasteiger partial charge in [-0.1, -0.05) is 71.6 Å². The highest BCUT2D eigenvalue weighted by atomic mass is 16.3. The molecule has 1 saturated carbocycles. The van der Waals surface area contributed by atoms with Gasteiger partial charge < -0.3 is 10.4 Å². The SMILES string of the molecule is CC(C)NCC1(O)CCCCCCCCCCC1. The second-order valence-corrected chi connectivity index (χ2v) is 6.44. The normalized spacial score (nSPS) is 23.3. The summed E-state index contributed by atoms with van der Waals surface area (Å²) < 4.78 is 0. The molecule has 0 spiro atoms. The van der Waals surface area contributed by atoms with Crippen molar-refractivity contribution in [2.75, 3.05) is 6.54 Å². The van der Waals surface area contributed by atoms with E-state index in [9.17, 15) is 5.11 Å². The Morgan fingerprint density at radius 3 is 1.61 bits per heavy atom. The molecule has 0 aromatic carbocycles. The molecule has 0 atom stereocenters. The molecule has 2 heteroatoms. The van der Waals surface area contributed by atoms with Crippen LogP contribution in [0.15, 0.2) is 0 Å². The molecular weight excluding hydrogens is 222 g/mol. The lowest BCUT2D eigenvalue weighted by molar-refractivity contribution is 0.0163. The van der Waals surface area contributed by atoms with E-state index < -0.39 is 5.60 Å². The molecule has 0 unspecified atom stereocenters. The Labute approximate surface area is 114 Å². The van der Waals surface area contributed by atoms with Crippen molar-refractivity contribution in [3.63, 3.8) is 0 Å². The smallest absolute Gasteiger partial charge is 0.0771 e. The topological polar surface area (TPSA) is 32.3 Å². The first-order chi connectivity index (χ1) is 8.62. The number of rotatable bonds is 3. The van der Waals surface area contributed by atoms with Crippen molar-refractivity contribution >= 4 is 0 Å². The van der Waals surface area contributed by atoms with Crippen LogP contribution < -0.4 is 5.32 Å². The Balaban J connectivity index is 2.39. The highest BCUT2D eigenvalue weighted by Crippen LogP contribution is 2.24. The Morgan fingerprint density at radius 2 is 1.22 bits per heavy atom. The Hall–Kier alpha value is -0.0800. The number of hydrogen-bond donors (Lipinski definition) is 2. The van der Waals surface area contributed by atoms with Gasteiger partial charge in [-0.15, -0.1) is 0 Å². The lowest BCUT2D eigenvalue weighted by atomic mass is 9.88. The van der Waals surface area contributed by atoms with Crippen LogP contribution in [0.1, 0.15) is 84.5 Å². The lowest BCUT2D eigenvalue weighted by Crippen LogP contribution is -2.43. The molecule has 2 nitrogen and oxygen atoms in total. The first-order valence-corrected chi connectivity index (χ1v) is 8.08. The summed E-state index contributed by atoms with van der Waals surface area (Å²) in [6, 6.07) is 0.468. The van der Waals surface area contributed by atoms with E-state index >= 15 is 0 Å². The number of nitrogens with one attached hydrogen (secondary N) is 1. The minimum atomic E-state index is -0.455. The minimum absolute atomic E-state index is 0.455. The van der Waals surface area contributed by atoms with Crippen molar-refractivity contribution in [3.8, 4) is 0 Å². The first kappa shape index (κ1) is 16.0. The zero-order valence-electron chi connectivity index (χ0n) is 12.5. The van der Waals surface area contributed by atoms with E-state index in [1.54, 1.807) is 0 Å². The van der Waals surface area contributed by atoms with Gasteiger partial charge in [-0.05, 0) is 12.8 Å². The molecule has 108 valence electrons. The van der Waals surface area contributed by atoms with Gasteiger partial charge in [0.1, 0.15) is 0 Å². The number of hydrogen-bond acceptors (Lipinski definition) is 2. The number of aliphatic hydroxyl groups is 1. The minimum Gasteiger partial charge on any atom is -0.389 e. The molecule has 2 N–H and O–H groups in total. The van der Waals surface area contributed by atoms with E-state index in [0.717, 1.165) is 19.4 Å². The van der Waals surface area contributed by atoms with Crippen LogP contribution in [-0.4, -0.2) is 23.3 Å². The van der Waals surface area contributed by atoms with Crippen LogP contribution in [0.2, 0.25) is 0 Å². The van der Waals surface area contributed by atoms with Crippen molar-refractivity contribution in [1.29, 1.82) is 0 Å². The largest absolute Gasteiger partial charge is 0.389 e. The zero-order chi connectivity index (χ0) is 13.3. The van der Waals surface area contributed by atoms with Gasteiger partial charge in [-0.25, -0.2) is 0 Å². The van der Waals surface area contributed by atoms with Gasteiger partial charge in [-0.3, -0.25) is 0 Å². The summed E-state index contributed by atoms with van der Waals surface area (Å²) in [6.45, 7) is 5.07. The molecule has 0 saturated heterocycles. The molecule has 1 fully saturated rings. The maximum Gasteiger partial charge on any atom is 0.0771 e. The van der Waals surface area contributed by atoms with Gasteiger partial charge in [0.25, 0.3) is 0 Å². The van der Waals surface area contributed by atoms with Crippen molar-refractivity contribution in [3.05, 3.63) is 0 Å². The molecule has 0 amide bonds. The molecule has 0 aliphatic heterocycles. The third-order valence-electron chi connectivity index (χ3n) is 4.12. The summed E-state index contributed by atoms with van der Waals surface area (Å²) in [5, 5.41) is 14.2. The van der Waals surface area contributed by atoms with Gasteiger partial charge in [-0.2, -0.15) is 0 Å². The summed E-state index contributed by atoms with van der Waals surface area (Å²) >= 11 is 0. The molecule has 1 rings (SSSR count). The van der Waals surface area contributed by atoms with Crippen LogP contribution in [0.3, 0.4) is 0 Å². The average Bonchev–Trinajstić information content (AvgIpc) is 2.32. The Kier molecular flexibility index (Phi) is 7.92. The monoisotopic (exact) mass is 255 g/mol. The zero-order valence-corrected chi connectivity index (χ0v) is 12.5. The third kappa shape index (κ3) is 7.38. The molecule has 0 radical (unpaired) electrons. The molecule has 0 aromatic rings. The lowest BCUT2D eigenvalue weighted by Gasteiger charge is -2.30. The van der Waals surface area contributed by atoms with E-state index in [1.807, 2.05) is 0 Å². The molecule has 0 heterocycles. The summed E-state index contributed by atoms with van der Waals surface area (Å²) in [5.41, 5.74) is -0.455. The van der Waals surface area contributed by atoms with Crippen LogP contribution >= 0.6 is 0 Å². The van der Waals surface area contributed by atoms with E-state index in [0.29, 0.717) is 6.04 Å². The molecule has 18 heavy (non-hydrogen) atoms. The Morgan fingerprint density at radius 1 is 0.833 bits per heavy atom. The molecule has 1 aliphatic rings. The van der Waals surface area contributed by atoms with E-state index in [2.05, 4.69) is 19.2 Å². The van der Waals surface area contributed by atoms with Gasteiger partial charge in [0, 0.05) is 12.6 Å². The van der Waals surface area contributed by atoms with Crippen LogP contribution in [0.5, 0.6) is 0 Å². The third-order valence-corrected chi connectivity index (χ3v) is 4.12. The van der Waals surface area contributed by atoms with E-state index in [4.69, 9.17) is 0 Å². The van der Waals surface area contributed by atoms with E-state index in [-0.39, 0.29) is 0 Å². The predicted octanol–water partition coefficient (Wildman–Crippen LogP) is 4.02. The van der Waals surface area contributed by atoms with E-state index in [1.165, 1.54) is 57.8 Å². The van der Waals surface area contributed by atoms with Crippen LogP contribution in [0, 0.1) is 0 Å². The van der Waals surface area contributed by atoms with Crippen molar-refractivity contribution < 1.29 is 5.11 Å². The second kappa shape index (κ2) is 8.92. The summed E-state index contributed by atoms with van der Waals surface area (Å²) in [4.78, 5) is 0. The van der Waals surface area contributed by atoms with Crippen LogP contribution in [0.25, 0.3) is 0 Å². The van der Waals surface area contributed by atoms with Crippen molar-refractivity contribution in [1.82, 2.24) is 5.32 Å². The van der Waals surface area contributed by atoms with Gasteiger partial charge >= 0.3 is 0 Å². The molecule has 0 bridgehead atoms. The summed E-state index contributed by atoms with van der Waals surface area (Å²) in [7, 11) is 0. The fraction of sp³-hybridized carbons (Fsp3) is 1.00. The van der Waals surface area contributed by atoms with Gasteiger partial charge in [0.15, 0.2) is 0 Å². The van der Waals surface area contributed by atoms with Crippen LogP contribution in [-0.2, 0) is 0 Å². The maximum absolute atomic E-state index is 10.7. The standard InChI is InChI=1S/C16H33NO/c1-15(2)17-14-16(18)12-10-8-6-4-3-5-7-9-11-13-16/h15,17-18H,3-14H2,1-2H3. The highest BCUT2D eigenvalue weighted by Gasteiger charge is 2.25. The average molecular weight is 255 g/mol. The second-order valence-electron chi connectivity index (χ2n) is 6.44. The predicted molar refractivity (Wildman–Crippen MR) is 78.9 cm³/mol. The van der Waals surface area contributed by atoms with Gasteiger partial charge in [0.2, 0.25) is 0 Å². The quantitative estimate of drug-likeness (QED) is 0.798. The van der Waals surface area contributed by atoms with Crippen molar-refractivity contribution in [2.45, 2.75) is 96.1 Å². The Bertz CT molecular complexity index is 191. The molecule has 1 aliphatic carbocycles. The van der Waals surface area contributed by atoms with Gasteiger partial charge in [0.05, 0.1) is 5.60 Å². The summed E-state index contributed by atoms with van der Waals surface area (Å²) in [5.74, 6) is 0. The van der Waals surface area contributed by atoms with Crippen LogP contribution in [0.4, 0.5) is 0 Å². The van der Waals surface area contributed by atoms with Crippen molar-refractivity contribution in [2.24, 2.45) is 0 Å². The molecular formula is C16H33NO. The first-order valence-electron chi connectivity index (χ1n) is 8.08. The highest BCUT2D eigenvalue weighted by molar-refractivity contribution is 4.82. The maximum atomic E-state index is 10.7.